The summed E-state index contributed by atoms with van der Waals surface area (Å²) in [6, 6.07) is 5.95. The van der Waals surface area contributed by atoms with Crippen LogP contribution < -0.4 is 5.32 Å². The average Bonchev–Trinajstić information content (AvgIpc) is 3.26. The first-order chi connectivity index (χ1) is 13.3. The number of rotatable bonds is 5. The summed E-state index contributed by atoms with van der Waals surface area (Å²) in [7, 11) is -3.63. The summed E-state index contributed by atoms with van der Waals surface area (Å²) in [4.78, 5) is 11.0. The Kier molecular flexibility index (Phi) is 4.55. The Balaban J connectivity index is 1.63. The Bertz CT molecular complexity index is 1290. The molecule has 4 rings (SSSR count). The molecule has 28 heavy (non-hydrogen) atoms. The molecule has 0 aliphatic heterocycles. The van der Waals surface area contributed by atoms with E-state index >= 15 is 0 Å². The van der Waals surface area contributed by atoms with Crippen LogP contribution in [0.15, 0.2) is 40.1 Å². The van der Waals surface area contributed by atoms with E-state index in [0.717, 1.165) is 6.26 Å². The van der Waals surface area contributed by atoms with E-state index in [9.17, 15) is 12.8 Å². The Morgan fingerprint density at radius 2 is 2.11 bits per heavy atom. The van der Waals surface area contributed by atoms with Crippen LogP contribution in [-0.2, 0) is 16.4 Å². The van der Waals surface area contributed by atoms with E-state index in [0.29, 0.717) is 27.3 Å². The van der Waals surface area contributed by atoms with E-state index in [-0.39, 0.29) is 23.5 Å². The van der Waals surface area contributed by atoms with E-state index in [1.54, 1.807) is 12.1 Å². The minimum Gasteiger partial charge on any atom is -0.347 e. The highest BCUT2D eigenvalue weighted by atomic mass is 79.9. The minimum absolute atomic E-state index is 0.148. The summed E-state index contributed by atoms with van der Waals surface area (Å²) in [5, 5.41) is 14.7. The molecular weight excluding hydrogens is 455 g/mol. The molecule has 0 fully saturated rings. The van der Waals surface area contributed by atoms with Gasteiger partial charge >= 0.3 is 0 Å². The molecule has 1 aromatic carbocycles. The lowest BCUT2D eigenvalue weighted by atomic mass is 10.2. The number of hydrogen-bond donors (Lipinski definition) is 2. The van der Waals surface area contributed by atoms with Gasteiger partial charge in [-0.25, -0.2) is 12.8 Å². The molecule has 0 bridgehead atoms. The molecule has 0 saturated carbocycles. The van der Waals surface area contributed by atoms with Crippen LogP contribution in [-0.4, -0.2) is 49.4 Å². The highest BCUT2D eigenvalue weighted by molar-refractivity contribution is 9.10. The van der Waals surface area contributed by atoms with E-state index in [1.165, 1.54) is 22.8 Å². The number of nitrogens with zero attached hydrogens (tertiary/aromatic N) is 6. The quantitative estimate of drug-likeness (QED) is 0.455. The Labute approximate surface area is 166 Å². The predicted molar refractivity (Wildman–Crippen MR) is 101 cm³/mol. The summed E-state index contributed by atoms with van der Waals surface area (Å²) >= 11 is 3.28. The SMILES string of the molecule is CS(=O)(=O)c1nc(NCc2nnc(-c3cccc(F)c3)[nH]2)n2ncc(Br)c2n1. The van der Waals surface area contributed by atoms with E-state index in [2.05, 4.69) is 51.5 Å². The van der Waals surface area contributed by atoms with E-state index in [1.807, 2.05) is 0 Å². The van der Waals surface area contributed by atoms with Crippen molar-refractivity contribution in [2.75, 3.05) is 11.6 Å². The number of benzene rings is 1. The largest absolute Gasteiger partial charge is 0.347 e. The molecular formula is C15H12BrFN8O2S. The highest BCUT2D eigenvalue weighted by Gasteiger charge is 2.18. The molecule has 0 saturated heterocycles. The second-order valence-electron chi connectivity index (χ2n) is 5.81. The number of hydrogen-bond acceptors (Lipinski definition) is 8. The third-order valence-electron chi connectivity index (χ3n) is 3.68. The summed E-state index contributed by atoms with van der Waals surface area (Å²) in [6.45, 7) is 0.148. The number of sulfone groups is 1. The smallest absolute Gasteiger partial charge is 0.252 e. The monoisotopic (exact) mass is 466 g/mol. The first-order valence-corrected chi connectivity index (χ1v) is 10.5. The van der Waals surface area contributed by atoms with Crippen LogP contribution in [0.3, 0.4) is 0 Å². The van der Waals surface area contributed by atoms with Crippen LogP contribution in [0.1, 0.15) is 5.82 Å². The van der Waals surface area contributed by atoms with Gasteiger partial charge in [0.05, 0.1) is 17.2 Å². The summed E-state index contributed by atoms with van der Waals surface area (Å²) in [6.07, 6.45) is 2.51. The average molecular weight is 467 g/mol. The zero-order chi connectivity index (χ0) is 19.9. The van der Waals surface area contributed by atoms with Crippen LogP contribution in [0.4, 0.5) is 10.3 Å². The normalized spacial score (nSPS) is 11.8. The van der Waals surface area contributed by atoms with E-state index < -0.39 is 9.84 Å². The highest BCUT2D eigenvalue weighted by Crippen LogP contribution is 2.20. The summed E-state index contributed by atoms with van der Waals surface area (Å²) < 4.78 is 39.0. The predicted octanol–water partition coefficient (Wildman–Crippen LogP) is 1.83. The van der Waals surface area contributed by atoms with Gasteiger partial charge in [0.15, 0.2) is 11.5 Å². The third-order valence-corrected chi connectivity index (χ3v) is 5.09. The van der Waals surface area contributed by atoms with Gasteiger partial charge in [-0.15, -0.1) is 10.2 Å². The molecule has 0 radical (unpaired) electrons. The molecule has 4 aromatic rings. The van der Waals surface area contributed by atoms with Gasteiger partial charge in [-0.3, -0.25) is 0 Å². The van der Waals surface area contributed by atoms with Gasteiger partial charge in [-0.1, -0.05) is 12.1 Å². The molecule has 144 valence electrons. The van der Waals surface area contributed by atoms with Crippen molar-refractivity contribution in [2.45, 2.75) is 11.7 Å². The van der Waals surface area contributed by atoms with Crippen molar-refractivity contribution in [1.82, 2.24) is 34.8 Å². The number of aromatic amines is 1. The third kappa shape index (κ3) is 3.57. The van der Waals surface area contributed by atoms with Gasteiger partial charge in [0.1, 0.15) is 11.6 Å². The van der Waals surface area contributed by atoms with Crippen molar-refractivity contribution < 1.29 is 12.8 Å². The standard InChI is InChI=1S/C15H12BrFN8O2S/c1-28(26,27)15-21-13-10(16)6-19-25(13)14(22-15)18-7-11-20-12(24-23-11)8-3-2-4-9(17)5-8/h2-6H,7H2,1H3,(H,18,21,22)(H,20,23,24). The lowest BCUT2D eigenvalue weighted by molar-refractivity contribution is 0.592. The molecule has 0 atom stereocenters. The molecule has 2 N–H and O–H groups in total. The maximum Gasteiger partial charge on any atom is 0.252 e. The maximum absolute atomic E-state index is 13.4. The Morgan fingerprint density at radius 3 is 2.86 bits per heavy atom. The van der Waals surface area contributed by atoms with Gasteiger partial charge in [0.25, 0.3) is 5.16 Å². The van der Waals surface area contributed by atoms with Crippen LogP contribution >= 0.6 is 15.9 Å². The topological polar surface area (TPSA) is 131 Å². The Morgan fingerprint density at radius 1 is 1.29 bits per heavy atom. The van der Waals surface area contributed by atoms with Gasteiger partial charge in [-0.05, 0) is 28.1 Å². The maximum atomic E-state index is 13.4. The fourth-order valence-corrected chi connectivity index (χ4v) is 3.27. The zero-order valence-corrected chi connectivity index (χ0v) is 16.7. The van der Waals surface area contributed by atoms with Crippen LogP contribution in [0.2, 0.25) is 0 Å². The van der Waals surface area contributed by atoms with Crippen molar-refractivity contribution in [3.8, 4) is 11.4 Å². The fraction of sp³-hybridized carbons (Fsp3) is 0.133. The number of nitrogens with one attached hydrogen (secondary N) is 2. The summed E-state index contributed by atoms with van der Waals surface area (Å²) in [5.74, 6) is 0.635. The minimum atomic E-state index is -3.63. The van der Waals surface area contributed by atoms with Crippen LogP contribution in [0, 0.1) is 5.82 Å². The lowest BCUT2D eigenvalue weighted by Gasteiger charge is -2.07. The van der Waals surface area contributed by atoms with Crippen LogP contribution in [0.5, 0.6) is 0 Å². The molecule has 0 aliphatic carbocycles. The van der Waals surface area contributed by atoms with Crippen molar-refractivity contribution >= 4 is 37.4 Å². The molecule has 0 aliphatic rings. The first kappa shape index (κ1) is 18.4. The number of fused-ring (bicyclic) bond motifs is 1. The summed E-state index contributed by atoms with van der Waals surface area (Å²) in [5.41, 5.74) is 0.856. The molecule has 3 aromatic heterocycles. The molecule has 0 unspecified atom stereocenters. The van der Waals surface area contributed by atoms with E-state index in [4.69, 9.17) is 0 Å². The van der Waals surface area contributed by atoms with Crippen molar-refractivity contribution in [3.63, 3.8) is 0 Å². The first-order valence-electron chi connectivity index (χ1n) is 7.84. The van der Waals surface area contributed by atoms with Crippen LogP contribution in [0.25, 0.3) is 17.0 Å². The molecule has 3 heterocycles. The number of aromatic nitrogens is 7. The second kappa shape index (κ2) is 6.91. The molecule has 10 nitrogen and oxygen atoms in total. The van der Waals surface area contributed by atoms with Gasteiger partial charge < -0.3 is 10.3 Å². The number of anilines is 1. The van der Waals surface area contributed by atoms with Gasteiger partial charge in [-0.2, -0.15) is 19.6 Å². The molecule has 13 heteroatoms. The van der Waals surface area contributed by atoms with Gasteiger partial charge in [0, 0.05) is 11.8 Å². The second-order valence-corrected chi connectivity index (χ2v) is 8.58. The fourth-order valence-electron chi connectivity index (χ4n) is 2.42. The van der Waals surface area contributed by atoms with Crippen molar-refractivity contribution in [3.05, 3.63) is 46.6 Å². The number of halogens is 2. The number of H-pyrrole nitrogens is 1. The lowest BCUT2D eigenvalue weighted by Crippen LogP contribution is -2.13. The molecule has 0 amide bonds. The zero-order valence-electron chi connectivity index (χ0n) is 14.3. The van der Waals surface area contributed by atoms with Gasteiger partial charge in [0.2, 0.25) is 15.8 Å². The molecule has 0 spiro atoms. The van der Waals surface area contributed by atoms with Crippen molar-refractivity contribution in [1.29, 1.82) is 0 Å². The van der Waals surface area contributed by atoms with Crippen molar-refractivity contribution in [2.24, 2.45) is 0 Å². The Hall–Kier alpha value is -2.93.